The van der Waals surface area contributed by atoms with E-state index in [1.54, 1.807) is 38.5 Å². The molecule has 0 spiro atoms. The molecule has 0 bridgehead atoms. The lowest BCUT2D eigenvalue weighted by Gasteiger charge is -2.28. The van der Waals surface area contributed by atoms with Crippen molar-refractivity contribution in [2.45, 2.75) is 25.0 Å². The molecule has 140 valence electrons. The van der Waals surface area contributed by atoms with Crippen LogP contribution < -0.4 is 4.74 Å². The Morgan fingerprint density at radius 3 is 2.26 bits per heavy atom. The molecule has 0 amide bonds. The first-order chi connectivity index (χ1) is 13.2. The van der Waals surface area contributed by atoms with Gasteiger partial charge in [-0.1, -0.05) is 48.6 Å². The van der Waals surface area contributed by atoms with Crippen LogP contribution in [0, 0.1) is 0 Å². The third kappa shape index (κ3) is 4.66. The topological polar surface area (TPSA) is 44.8 Å². The Balaban J connectivity index is 1.88. The molecule has 0 N–H and O–H groups in total. The maximum atomic E-state index is 12.8. The Morgan fingerprint density at radius 2 is 1.67 bits per heavy atom. The fourth-order valence-electron chi connectivity index (χ4n) is 3.14. The minimum Gasteiger partial charge on any atom is -0.497 e. The highest BCUT2D eigenvalue weighted by molar-refractivity contribution is 5.89. The van der Waals surface area contributed by atoms with Crippen LogP contribution in [0.1, 0.15) is 34.9 Å². The van der Waals surface area contributed by atoms with E-state index < -0.39 is 6.10 Å². The number of rotatable bonds is 7. The summed E-state index contributed by atoms with van der Waals surface area (Å²) in [7, 11) is 3.23. The van der Waals surface area contributed by atoms with Gasteiger partial charge in [0.05, 0.1) is 12.7 Å². The van der Waals surface area contributed by atoms with Crippen molar-refractivity contribution in [1.29, 1.82) is 0 Å². The Hall–Kier alpha value is -2.85. The second kappa shape index (κ2) is 9.19. The standard InChI is InChI=1S/C23H24O4/c1-25-20-15-13-19(14-16-20)23(24)27-22(18-11-7-4-8-12-18)21(26-2)17-9-5-3-6-10-17/h3,5-7,9-16,21-22H,4,8H2,1-2H3/t21-,22-/m1/s1. The molecule has 4 heteroatoms. The molecule has 0 heterocycles. The van der Waals surface area contributed by atoms with Crippen molar-refractivity contribution in [2.24, 2.45) is 0 Å². The number of carbonyl (C=O) groups excluding carboxylic acids is 1. The zero-order valence-corrected chi connectivity index (χ0v) is 15.6. The van der Waals surface area contributed by atoms with Gasteiger partial charge >= 0.3 is 5.97 Å². The van der Waals surface area contributed by atoms with Crippen molar-refractivity contribution < 1.29 is 19.0 Å². The number of esters is 1. The van der Waals surface area contributed by atoms with Crippen LogP contribution in [0.4, 0.5) is 0 Å². The molecule has 3 rings (SSSR count). The van der Waals surface area contributed by atoms with Crippen molar-refractivity contribution >= 4 is 5.97 Å². The van der Waals surface area contributed by atoms with E-state index in [2.05, 4.69) is 12.2 Å². The first-order valence-electron chi connectivity index (χ1n) is 9.02. The lowest BCUT2D eigenvalue weighted by atomic mass is 9.94. The smallest absolute Gasteiger partial charge is 0.338 e. The summed E-state index contributed by atoms with van der Waals surface area (Å²) in [5.74, 6) is 0.306. The van der Waals surface area contributed by atoms with Gasteiger partial charge in [-0.25, -0.2) is 4.79 Å². The first-order valence-corrected chi connectivity index (χ1v) is 9.02. The van der Waals surface area contributed by atoms with Crippen molar-refractivity contribution in [3.8, 4) is 5.75 Å². The van der Waals surface area contributed by atoms with Gasteiger partial charge < -0.3 is 14.2 Å². The van der Waals surface area contributed by atoms with Crippen LogP contribution in [0.15, 0.2) is 78.4 Å². The van der Waals surface area contributed by atoms with Crippen molar-refractivity contribution in [1.82, 2.24) is 0 Å². The lowest BCUT2D eigenvalue weighted by Crippen LogP contribution is -2.29. The van der Waals surface area contributed by atoms with Crippen LogP contribution in [-0.2, 0) is 9.47 Å². The highest BCUT2D eigenvalue weighted by Gasteiger charge is 2.30. The van der Waals surface area contributed by atoms with Crippen molar-refractivity contribution in [3.63, 3.8) is 0 Å². The summed E-state index contributed by atoms with van der Waals surface area (Å²) in [5, 5.41) is 0. The molecule has 0 saturated heterocycles. The van der Waals surface area contributed by atoms with Crippen LogP contribution in [-0.4, -0.2) is 26.3 Å². The third-order valence-electron chi connectivity index (χ3n) is 4.57. The predicted molar refractivity (Wildman–Crippen MR) is 105 cm³/mol. The number of allylic oxidation sites excluding steroid dienone is 2. The van der Waals surface area contributed by atoms with E-state index in [0.717, 1.165) is 24.0 Å². The number of ether oxygens (including phenoxy) is 3. The quantitative estimate of drug-likeness (QED) is 0.657. The summed E-state index contributed by atoms with van der Waals surface area (Å²) in [5.41, 5.74) is 2.40. The molecule has 0 saturated carbocycles. The van der Waals surface area contributed by atoms with E-state index in [9.17, 15) is 4.79 Å². The number of hydrogen-bond acceptors (Lipinski definition) is 4. The summed E-state index contributed by atoms with van der Waals surface area (Å²) >= 11 is 0. The normalized spacial score (nSPS) is 15.6. The molecule has 1 aliphatic carbocycles. The van der Waals surface area contributed by atoms with E-state index in [1.165, 1.54) is 0 Å². The number of hydrogen-bond donors (Lipinski definition) is 0. The molecule has 0 aromatic heterocycles. The predicted octanol–water partition coefficient (Wildman–Crippen LogP) is 4.88. The average Bonchev–Trinajstić information content (AvgIpc) is 2.75. The largest absolute Gasteiger partial charge is 0.497 e. The van der Waals surface area contributed by atoms with Crippen LogP contribution in [0.25, 0.3) is 0 Å². The molecular formula is C23H24O4. The summed E-state index contributed by atoms with van der Waals surface area (Å²) in [6.07, 6.45) is 7.23. The highest BCUT2D eigenvalue weighted by atomic mass is 16.6. The Morgan fingerprint density at radius 1 is 0.926 bits per heavy atom. The SMILES string of the molecule is COc1ccc(C(=O)O[C@H](C2=CCCC=C2)[C@H](OC)c2ccccc2)cc1. The first kappa shape index (κ1) is 18.9. The van der Waals surface area contributed by atoms with Crippen molar-refractivity contribution in [3.05, 3.63) is 89.5 Å². The number of carbonyl (C=O) groups is 1. The summed E-state index contributed by atoms with van der Waals surface area (Å²) in [6.45, 7) is 0. The third-order valence-corrected chi connectivity index (χ3v) is 4.57. The fraction of sp³-hybridized carbons (Fsp3) is 0.261. The maximum Gasteiger partial charge on any atom is 0.338 e. The Kier molecular flexibility index (Phi) is 6.44. The minimum absolute atomic E-state index is 0.387. The monoisotopic (exact) mass is 364 g/mol. The molecule has 4 nitrogen and oxygen atoms in total. The van der Waals surface area contributed by atoms with Gasteiger partial charge in [-0.15, -0.1) is 0 Å². The zero-order chi connectivity index (χ0) is 19.1. The van der Waals surface area contributed by atoms with Gasteiger partial charge in [-0.2, -0.15) is 0 Å². The average molecular weight is 364 g/mol. The molecule has 0 unspecified atom stereocenters. The van der Waals surface area contributed by atoms with Crippen LogP contribution in [0.3, 0.4) is 0 Å². The fourth-order valence-corrected chi connectivity index (χ4v) is 3.14. The van der Waals surface area contributed by atoms with Gasteiger partial charge in [0.25, 0.3) is 0 Å². The van der Waals surface area contributed by atoms with E-state index in [4.69, 9.17) is 14.2 Å². The van der Waals surface area contributed by atoms with Gasteiger partial charge in [-0.05, 0) is 48.2 Å². The second-order valence-corrected chi connectivity index (χ2v) is 6.31. The number of benzene rings is 2. The van der Waals surface area contributed by atoms with Crippen LogP contribution in [0.5, 0.6) is 5.75 Å². The molecule has 27 heavy (non-hydrogen) atoms. The molecular weight excluding hydrogens is 340 g/mol. The molecule has 0 radical (unpaired) electrons. The van der Waals surface area contributed by atoms with Crippen LogP contribution in [0.2, 0.25) is 0 Å². The second-order valence-electron chi connectivity index (χ2n) is 6.31. The summed E-state index contributed by atoms with van der Waals surface area (Å²) < 4.78 is 16.8. The van der Waals surface area contributed by atoms with Gasteiger partial charge in [-0.3, -0.25) is 0 Å². The lowest BCUT2D eigenvalue weighted by molar-refractivity contribution is -0.0215. The molecule has 0 aliphatic heterocycles. The van der Waals surface area contributed by atoms with Crippen LogP contribution >= 0.6 is 0 Å². The van der Waals surface area contributed by atoms with E-state index in [1.807, 2.05) is 36.4 Å². The Bertz CT molecular complexity index is 806. The molecule has 2 atom stereocenters. The summed E-state index contributed by atoms with van der Waals surface area (Å²) in [4.78, 5) is 12.8. The van der Waals surface area contributed by atoms with Gasteiger partial charge in [0.2, 0.25) is 0 Å². The molecule has 1 aliphatic rings. The molecule has 0 fully saturated rings. The maximum absolute atomic E-state index is 12.8. The van der Waals surface area contributed by atoms with E-state index >= 15 is 0 Å². The molecule has 2 aromatic rings. The minimum atomic E-state index is -0.524. The van der Waals surface area contributed by atoms with Gasteiger partial charge in [0.1, 0.15) is 11.9 Å². The summed E-state index contributed by atoms with van der Waals surface area (Å²) in [6, 6.07) is 16.7. The Labute approximate surface area is 160 Å². The van der Waals surface area contributed by atoms with E-state index in [0.29, 0.717) is 11.3 Å². The van der Waals surface area contributed by atoms with Crippen molar-refractivity contribution in [2.75, 3.05) is 14.2 Å². The zero-order valence-electron chi connectivity index (χ0n) is 15.6. The van der Waals surface area contributed by atoms with Gasteiger partial charge in [0.15, 0.2) is 6.10 Å². The molecule has 2 aromatic carbocycles. The number of methoxy groups -OCH3 is 2. The van der Waals surface area contributed by atoms with Gasteiger partial charge in [0, 0.05) is 7.11 Å². The van der Waals surface area contributed by atoms with E-state index in [-0.39, 0.29) is 12.1 Å². The highest BCUT2D eigenvalue weighted by Crippen LogP contribution is 2.31.